The molecule has 0 unspecified atom stereocenters. The topological polar surface area (TPSA) is 82.0 Å². The molecular formula is C12H18N2O4. The molecule has 1 aromatic carbocycles. The van der Waals surface area contributed by atoms with Crippen LogP contribution in [0, 0.1) is 0 Å². The predicted octanol–water partition coefficient (Wildman–Crippen LogP) is 1.54. The minimum Gasteiger partial charge on any atom is -0.497 e. The van der Waals surface area contributed by atoms with Crippen LogP contribution in [0.15, 0.2) is 24.3 Å². The molecule has 0 aliphatic rings. The van der Waals surface area contributed by atoms with E-state index in [1.54, 1.807) is 7.11 Å². The lowest BCUT2D eigenvalue weighted by molar-refractivity contribution is -0.0640. The maximum absolute atomic E-state index is 10.3. The van der Waals surface area contributed by atoms with Crippen molar-refractivity contribution in [3.05, 3.63) is 29.8 Å². The number of hydrogen-bond donors (Lipinski definition) is 3. The third-order valence-electron chi connectivity index (χ3n) is 2.41. The zero-order chi connectivity index (χ0) is 13.4. The van der Waals surface area contributed by atoms with Crippen molar-refractivity contribution in [2.45, 2.75) is 13.0 Å². The van der Waals surface area contributed by atoms with Gasteiger partial charge in [0.15, 0.2) is 0 Å². The molecule has 6 nitrogen and oxygen atoms in total. The molecule has 0 saturated carbocycles. The zero-order valence-electron chi connectivity index (χ0n) is 10.3. The average Bonchev–Trinajstić information content (AvgIpc) is 2.38. The summed E-state index contributed by atoms with van der Waals surface area (Å²) in [6.45, 7) is 1.40. The molecule has 3 N–H and O–H groups in total. The van der Waals surface area contributed by atoms with E-state index in [2.05, 4.69) is 5.32 Å². The predicted molar refractivity (Wildman–Crippen MR) is 65.8 cm³/mol. The van der Waals surface area contributed by atoms with Crippen LogP contribution in [-0.2, 0) is 6.54 Å². The Bertz CT molecular complexity index is 384. The third kappa shape index (κ3) is 5.03. The molecular weight excluding hydrogens is 236 g/mol. The number of nitrogens with zero attached hydrogens (tertiary/aromatic N) is 1. The lowest BCUT2D eigenvalue weighted by Gasteiger charge is -2.11. The van der Waals surface area contributed by atoms with Gasteiger partial charge in [-0.3, -0.25) is 5.21 Å². The SMILES string of the molecule is COc1cccc(CNCCCN(O)C(=O)O)c1. The van der Waals surface area contributed by atoms with Crippen LogP contribution in [0.5, 0.6) is 5.75 Å². The Hall–Kier alpha value is -1.79. The minimum absolute atomic E-state index is 0.0977. The standard InChI is InChI=1S/C12H18N2O4/c1-18-11-5-2-4-10(8-11)9-13-6-3-7-14(17)12(15)16/h2,4-5,8,13,17H,3,6-7,9H2,1H3,(H,15,16). The van der Waals surface area contributed by atoms with E-state index >= 15 is 0 Å². The highest BCUT2D eigenvalue weighted by Crippen LogP contribution is 2.11. The van der Waals surface area contributed by atoms with E-state index in [1.807, 2.05) is 24.3 Å². The smallest absolute Gasteiger partial charge is 0.431 e. The van der Waals surface area contributed by atoms with Crippen molar-refractivity contribution in [3.8, 4) is 5.75 Å². The van der Waals surface area contributed by atoms with E-state index in [4.69, 9.17) is 15.1 Å². The Morgan fingerprint density at radius 3 is 2.94 bits per heavy atom. The number of benzene rings is 1. The average molecular weight is 254 g/mol. The summed E-state index contributed by atoms with van der Waals surface area (Å²) in [5, 5.41) is 20.8. The fourth-order valence-corrected chi connectivity index (χ4v) is 1.46. The zero-order valence-corrected chi connectivity index (χ0v) is 10.3. The Morgan fingerprint density at radius 1 is 1.50 bits per heavy atom. The van der Waals surface area contributed by atoms with E-state index in [0.29, 0.717) is 19.5 Å². The molecule has 0 aliphatic carbocycles. The number of nitrogens with one attached hydrogen (secondary N) is 1. The van der Waals surface area contributed by atoms with E-state index < -0.39 is 6.09 Å². The Kier molecular flexibility index (Phi) is 5.96. The van der Waals surface area contributed by atoms with E-state index in [0.717, 1.165) is 11.3 Å². The van der Waals surface area contributed by atoms with E-state index in [-0.39, 0.29) is 11.6 Å². The number of carboxylic acid groups (broad SMARTS) is 1. The van der Waals surface area contributed by atoms with Gasteiger partial charge in [0, 0.05) is 6.54 Å². The molecule has 0 aliphatic heterocycles. The Labute approximate surface area is 106 Å². The van der Waals surface area contributed by atoms with Gasteiger partial charge in [-0.05, 0) is 30.7 Å². The Balaban J connectivity index is 2.19. The van der Waals surface area contributed by atoms with Crippen molar-refractivity contribution in [1.29, 1.82) is 0 Å². The highest BCUT2D eigenvalue weighted by atomic mass is 16.6. The number of amides is 1. The van der Waals surface area contributed by atoms with Gasteiger partial charge in [-0.15, -0.1) is 0 Å². The second kappa shape index (κ2) is 7.52. The first kappa shape index (κ1) is 14.3. The summed E-state index contributed by atoms with van der Waals surface area (Å²) in [7, 11) is 1.62. The van der Waals surface area contributed by atoms with Gasteiger partial charge in [0.2, 0.25) is 0 Å². The van der Waals surface area contributed by atoms with Crippen LogP contribution in [0.4, 0.5) is 4.79 Å². The first-order chi connectivity index (χ1) is 8.63. The molecule has 0 atom stereocenters. The van der Waals surface area contributed by atoms with Crippen molar-refractivity contribution in [1.82, 2.24) is 10.4 Å². The molecule has 0 radical (unpaired) electrons. The molecule has 0 saturated heterocycles. The summed E-state index contributed by atoms with van der Waals surface area (Å²) in [6.07, 6.45) is -0.782. The van der Waals surface area contributed by atoms with Gasteiger partial charge in [-0.1, -0.05) is 12.1 Å². The van der Waals surface area contributed by atoms with Crippen molar-refractivity contribution in [3.63, 3.8) is 0 Å². The number of hydroxylamine groups is 2. The number of carbonyl (C=O) groups is 1. The van der Waals surface area contributed by atoms with Gasteiger partial charge in [-0.2, -0.15) is 5.06 Å². The summed E-state index contributed by atoms with van der Waals surface area (Å²) in [4.78, 5) is 10.3. The molecule has 6 heteroatoms. The summed E-state index contributed by atoms with van der Waals surface area (Å²) in [6, 6.07) is 7.70. The molecule has 18 heavy (non-hydrogen) atoms. The quantitative estimate of drug-likeness (QED) is 0.390. The van der Waals surface area contributed by atoms with Crippen LogP contribution in [0.2, 0.25) is 0 Å². The second-order valence-corrected chi connectivity index (χ2v) is 3.79. The monoisotopic (exact) mass is 254 g/mol. The van der Waals surface area contributed by atoms with Gasteiger partial charge in [0.25, 0.3) is 0 Å². The van der Waals surface area contributed by atoms with Crippen LogP contribution >= 0.6 is 0 Å². The molecule has 1 aromatic rings. The molecule has 0 fully saturated rings. The van der Waals surface area contributed by atoms with Gasteiger partial charge >= 0.3 is 6.09 Å². The molecule has 1 amide bonds. The highest BCUT2D eigenvalue weighted by Gasteiger charge is 2.05. The van der Waals surface area contributed by atoms with Crippen molar-refractivity contribution >= 4 is 6.09 Å². The molecule has 0 spiro atoms. The first-order valence-corrected chi connectivity index (χ1v) is 5.66. The van der Waals surface area contributed by atoms with Crippen LogP contribution in [0.3, 0.4) is 0 Å². The molecule has 0 bridgehead atoms. The van der Waals surface area contributed by atoms with Crippen LogP contribution in [0.25, 0.3) is 0 Å². The molecule has 0 aromatic heterocycles. The van der Waals surface area contributed by atoms with Gasteiger partial charge in [0.1, 0.15) is 5.75 Å². The molecule has 1 rings (SSSR count). The fourth-order valence-electron chi connectivity index (χ4n) is 1.46. The summed E-state index contributed by atoms with van der Waals surface area (Å²) in [5.41, 5.74) is 1.09. The van der Waals surface area contributed by atoms with Crippen LogP contribution in [0.1, 0.15) is 12.0 Å². The lowest BCUT2D eigenvalue weighted by Crippen LogP contribution is -2.28. The van der Waals surface area contributed by atoms with Gasteiger partial charge in [-0.25, -0.2) is 4.79 Å². The number of hydrogen-bond acceptors (Lipinski definition) is 4. The maximum Gasteiger partial charge on any atom is 0.431 e. The fraction of sp³-hybridized carbons (Fsp3) is 0.417. The summed E-state index contributed by atoms with van der Waals surface area (Å²) >= 11 is 0. The Morgan fingerprint density at radius 2 is 2.28 bits per heavy atom. The van der Waals surface area contributed by atoms with Crippen molar-refractivity contribution in [2.75, 3.05) is 20.2 Å². The highest BCUT2D eigenvalue weighted by molar-refractivity contribution is 5.63. The number of ether oxygens (including phenoxy) is 1. The largest absolute Gasteiger partial charge is 0.497 e. The summed E-state index contributed by atoms with van der Waals surface area (Å²) in [5.74, 6) is 0.807. The number of methoxy groups -OCH3 is 1. The first-order valence-electron chi connectivity index (χ1n) is 5.66. The maximum atomic E-state index is 10.3. The third-order valence-corrected chi connectivity index (χ3v) is 2.41. The van der Waals surface area contributed by atoms with Crippen molar-refractivity contribution in [2.24, 2.45) is 0 Å². The molecule has 100 valence electrons. The van der Waals surface area contributed by atoms with Crippen LogP contribution < -0.4 is 10.1 Å². The van der Waals surface area contributed by atoms with E-state index in [1.165, 1.54) is 0 Å². The lowest BCUT2D eigenvalue weighted by atomic mass is 10.2. The second-order valence-electron chi connectivity index (χ2n) is 3.79. The van der Waals surface area contributed by atoms with E-state index in [9.17, 15) is 4.79 Å². The van der Waals surface area contributed by atoms with Gasteiger partial charge < -0.3 is 15.2 Å². The molecule has 0 heterocycles. The summed E-state index contributed by atoms with van der Waals surface area (Å²) < 4.78 is 5.11. The van der Waals surface area contributed by atoms with Crippen molar-refractivity contribution < 1.29 is 19.8 Å². The minimum atomic E-state index is -1.33. The normalized spacial score (nSPS) is 10.1. The van der Waals surface area contributed by atoms with Gasteiger partial charge in [0.05, 0.1) is 13.7 Å². The number of rotatable bonds is 7. The van der Waals surface area contributed by atoms with Crippen LogP contribution in [-0.4, -0.2) is 41.7 Å².